The standard InChI is InChI=1S/C22H21Cl2N5O5S4/c1-9(25)35-7-16(31)28-22-26-5-14(38-22)11-6-37-20-17(19(32)29(20)18(11)21(33)34)27-15(30)8-36-10-2-3-12(23)13(24)4-10/h2-5,9,17,20H,6-8,25H2,1H3,(H,27,30)(H,33,34)(H,26,28,31). The highest BCUT2D eigenvalue weighted by atomic mass is 35.5. The number of nitrogens with two attached hydrogens (primary N) is 1. The molecular weight excluding hydrogens is 613 g/mol. The number of nitrogens with zero attached hydrogens (tertiary/aromatic N) is 2. The molecule has 0 saturated carbocycles. The molecule has 1 aromatic carbocycles. The number of carbonyl (C=O) groups excluding carboxylic acids is 3. The number of carbonyl (C=O) groups is 4. The van der Waals surface area contributed by atoms with Crippen LogP contribution in [-0.2, 0) is 19.2 Å². The lowest BCUT2D eigenvalue weighted by molar-refractivity contribution is -0.150. The first-order valence-corrected chi connectivity index (χ1v) is 15.6. The highest BCUT2D eigenvalue weighted by Gasteiger charge is 2.54. The molecule has 38 heavy (non-hydrogen) atoms. The Hall–Kier alpha value is -1.94. The first kappa shape index (κ1) is 29.1. The van der Waals surface area contributed by atoms with Gasteiger partial charge < -0.3 is 21.5 Å². The van der Waals surface area contributed by atoms with Crippen molar-refractivity contribution < 1.29 is 24.3 Å². The summed E-state index contributed by atoms with van der Waals surface area (Å²) in [5, 5.41) is 15.7. The fourth-order valence-corrected chi connectivity index (χ4v) is 7.50. The van der Waals surface area contributed by atoms with Crippen LogP contribution in [-0.4, -0.2) is 72.7 Å². The number of amides is 3. The predicted molar refractivity (Wildman–Crippen MR) is 154 cm³/mol. The van der Waals surface area contributed by atoms with Crippen LogP contribution in [0.3, 0.4) is 0 Å². The van der Waals surface area contributed by atoms with Crippen LogP contribution >= 0.6 is 69.8 Å². The predicted octanol–water partition coefficient (Wildman–Crippen LogP) is 3.41. The molecule has 2 aliphatic rings. The molecule has 3 heterocycles. The highest BCUT2D eigenvalue weighted by Crippen LogP contribution is 2.44. The van der Waals surface area contributed by atoms with Crippen molar-refractivity contribution in [2.24, 2.45) is 5.73 Å². The van der Waals surface area contributed by atoms with E-state index in [-0.39, 0.29) is 40.1 Å². The molecule has 3 amide bonds. The summed E-state index contributed by atoms with van der Waals surface area (Å²) in [5.74, 6) is -1.90. The smallest absolute Gasteiger partial charge is 0.353 e. The van der Waals surface area contributed by atoms with Crippen molar-refractivity contribution in [3.05, 3.63) is 45.0 Å². The molecule has 0 aliphatic carbocycles. The molecule has 10 nitrogen and oxygen atoms in total. The zero-order valence-corrected chi connectivity index (χ0v) is 24.4. The quantitative estimate of drug-likeness (QED) is 0.174. The van der Waals surface area contributed by atoms with Crippen LogP contribution in [0.2, 0.25) is 10.0 Å². The lowest BCUT2D eigenvalue weighted by atomic mass is 10.0. The molecule has 1 aromatic heterocycles. The average molecular weight is 635 g/mol. The molecule has 1 fully saturated rings. The Labute approximate surface area is 244 Å². The summed E-state index contributed by atoms with van der Waals surface area (Å²) in [6.45, 7) is 1.77. The van der Waals surface area contributed by atoms with Crippen LogP contribution in [0.1, 0.15) is 11.8 Å². The zero-order valence-electron chi connectivity index (χ0n) is 19.6. The largest absolute Gasteiger partial charge is 0.477 e. The maximum Gasteiger partial charge on any atom is 0.353 e. The first-order valence-electron chi connectivity index (χ1n) is 11.0. The summed E-state index contributed by atoms with van der Waals surface area (Å²) in [6, 6.07) is 4.18. The Balaban J connectivity index is 1.40. The molecule has 1 saturated heterocycles. The number of rotatable bonds is 10. The summed E-state index contributed by atoms with van der Waals surface area (Å²) in [4.78, 5) is 56.3. The second-order valence-corrected chi connectivity index (χ2v) is 13.4. The molecule has 3 unspecified atom stereocenters. The van der Waals surface area contributed by atoms with Crippen LogP contribution in [0.25, 0.3) is 5.57 Å². The van der Waals surface area contributed by atoms with Gasteiger partial charge in [0.2, 0.25) is 11.8 Å². The molecule has 2 aromatic rings. The van der Waals surface area contributed by atoms with E-state index in [2.05, 4.69) is 15.6 Å². The third-order valence-electron chi connectivity index (χ3n) is 5.28. The van der Waals surface area contributed by atoms with Gasteiger partial charge in [-0.3, -0.25) is 19.3 Å². The number of aliphatic carboxylic acids is 1. The number of carboxylic acid groups (broad SMARTS) is 1. The molecule has 2 aliphatic heterocycles. The van der Waals surface area contributed by atoms with E-state index in [1.165, 1.54) is 46.4 Å². The van der Waals surface area contributed by atoms with Gasteiger partial charge in [0.15, 0.2) is 5.13 Å². The number of benzene rings is 1. The summed E-state index contributed by atoms with van der Waals surface area (Å²) in [5.41, 5.74) is 5.92. The van der Waals surface area contributed by atoms with E-state index >= 15 is 0 Å². The van der Waals surface area contributed by atoms with Gasteiger partial charge in [0.1, 0.15) is 17.1 Å². The van der Waals surface area contributed by atoms with E-state index in [0.29, 0.717) is 25.6 Å². The molecule has 3 atom stereocenters. The van der Waals surface area contributed by atoms with Gasteiger partial charge in [0.25, 0.3) is 5.91 Å². The molecule has 5 N–H and O–H groups in total. The van der Waals surface area contributed by atoms with Crippen LogP contribution in [0.4, 0.5) is 5.13 Å². The Morgan fingerprint density at radius 3 is 2.71 bits per heavy atom. The van der Waals surface area contributed by atoms with Crippen molar-refractivity contribution in [2.75, 3.05) is 22.6 Å². The average Bonchev–Trinajstić information content (AvgIpc) is 3.33. The van der Waals surface area contributed by atoms with Crippen molar-refractivity contribution in [1.82, 2.24) is 15.2 Å². The molecule has 4 rings (SSSR count). The van der Waals surface area contributed by atoms with Gasteiger partial charge in [0.05, 0.1) is 26.4 Å². The second kappa shape index (κ2) is 12.5. The third kappa shape index (κ3) is 6.61. The Kier molecular flexibility index (Phi) is 9.55. The minimum Gasteiger partial charge on any atom is -0.477 e. The number of aromatic nitrogens is 1. The number of thiazole rings is 1. The van der Waals surface area contributed by atoms with Crippen molar-refractivity contribution in [2.45, 2.75) is 28.6 Å². The van der Waals surface area contributed by atoms with Gasteiger partial charge in [-0.25, -0.2) is 9.78 Å². The fraction of sp³-hybridized carbons (Fsp3) is 0.318. The summed E-state index contributed by atoms with van der Waals surface area (Å²) in [6.07, 6.45) is 1.47. The molecule has 0 spiro atoms. The van der Waals surface area contributed by atoms with E-state index in [1.54, 1.807) is 25.1 Å². The van der Waals surface area contributed by atoms with E-state index in [4.69, 9.17) is 28.9 Å². The minimum atomic E-state index is -1.26. The molecule has 202 valence electrons. The number of anilines is 1. The van der Waals surface area contributed by atoms with Gasteiger partial charge in [-0.05, 0) is 25.1 Å². The fourth-order valence-electron chi connectivity index (χ4n) is 3.57. The topological polar surface area (TPSA) is 155 Å². The van der Waals surface area contributed by atoms with Gasteiger partial charge in [0, 0.05) is 27.8 Å². The van der Waals surface area contributed by atoms with Crippen LogP contribution < -0.4 is 16.4 Å². The van der Waals surface area contributed by atoms with Crippen molar-refractivity contribution in [3.8, 4) is 0 Å². The van der Waals surface area contributed by atoms with Crippen molar-refractivity contribution in [3.63, 3.8) is 0 Å². The number of fused-ring (bicyclic) bond motifs is 1. The minimum absolute atomic E-state index is 0.0457. The number of thioether (sulfide) groups is 3. The number of carboxylic acids is 1. The van der Waals surface area contributed by atoms with E-state index in [1.807, 2.05) is 0 Å². The lowest BCUT2D eigenvalue weighted by Crippen LogP contribution is -2.70. The third-order valence-corrected chi connectivity index (χ3v) is 10.2. The van der Waals surface area contributed by atoms with Gasteiger partial charge in [-0.1, -0.05) is 34.5 Å². The number of nitrogens with one attached hydrogen (secondary N) is 2. The maximum absolute atomic E-state index is 12.9. The second-order valence-electron chi connectivity index (χ2n) is 8.05. The first-order chi connectivity index (χ1) is 18.0. The number of β-lactam (4-membered cyclic amide) rings is 1. The van der Waals surface area contributed by atoms with Gasteiger partial charge in [-0.2, -0.15) is 0 Å². The monoisotopic (exact) mass is 633 g/mol. The van der Waals surface area contributed by atoms with Crippen molar-refractivity contribution >= 4 is 104 Å². The summed E-state index contributed by atoms with van der Waals surface area (Å²) >= 11 is 16.9. The highest BCUT2D eigenvalue weighted by molar-refractivity contribution is 8.00. The number of hydrogen-bond donors (Lipinski definition) is 4. The summed E-state index contributed by atoms with van der Waals surface area (Å²) in [7, 11) is 0. The normalized spacial score (nSPS) is 19.5. The zero-order chi connectivity index (χ0) is 27.6. The lowest BCUT2D eigenvalue weighted by Gasteiger charge is -2.49. The summed E-state index contributed by atoms with van der Waals surface area (Å²) < 4.78 is 0. The Morgan fingerprint density at radius 2 is 2.03 bits per heavy atom. The van der Waals surface area contributed by atoms with Crippen LogP contribution in [0.5, 0.6) is 0 Å². The number of halogens is 2. The van der Waals surface area contributed by atoms with Crippen LogP contribution in [0, 0.1) is 0 Å². The number of hydrogen-bond acceptors (Lipinski definition) is 10. The van der Waals surface area contributed by atoms with Gasteiger partial charge in [-0.15, -0.1) is 35.3 Å². The molecule has 0 bridgehead atoms. The van der Waals surface area contributed by atoms with E-state index in [0.717, 1.165) is 16.2 Å². The molecule has 16 heteroatoms. The van der Waals surface area contributed by atoms with Crippen LogP contribution in [0.15, 0.2) is 35.0 Å². The Morgan fingerprint density at radius 1 is 1.26 bits per heavy atom. The molecule has 0 radical (unpaired) electrons. The molecular formula is C22H21Cl2N5O5S4. The van der Waals surface area contributed by atoms with E-state index < -0.39 is 23.3 Å². The SMILES string of the molecule is CC(N)SCC(=O)Nc1ncc(C2=C(C(=O)O)N3C(=O)C(NC(=O)CSc4ccc(Cl)c(Cl)c4)C3SC2)s1. The van der Waals surface area contributed by atoms with Gasteiger partial charge >= 0.3 is 5.97 Å². The Bertz CT molecular complexity index is 1320. The maximum atomic E-state index is 12.9. The van der Waals surface area contributed by atoms with Crippen molar-refractivity contribution in [1.29, 1.82) is 0 Å². The van der Waals surface area contributed by atoms with E-state index in [9.17, 15) is 24.3 Å².